The van der Waals surface area contributed by atoms with Crippen LogP contribution < -0.4 is 0 Å². The monoisotopic (exact) mass is 317 g/mol. The lowest BCUT2D eigenvalue weighted by molar-refractivity contribution is 0.317. The first-order valence-corrected chi connectivity index (χ1v) is 9.64. The minimum atomic E-state index is 0.817. The SMILES string of the molecule is CCCCCCCCCCCCCCC(=NO)c1ccccc1. The van der Waals surface area contributed by atoms with Crippen LogP contribution in [0.1, 0.15) is 96.0 Å². The third kappa shape index (κ3) is 10.1. The fourth-order valence-electron chi connectivity index (χ4n) is 3.02. The Morgan fingerprint density at radius 2 is 1.22 bits per heavy atom. The van der Waals surface area contributed by atoms with Crippen LogP contribution in [-0.4, -0.2) is 10.9 Å². The van der Waals surface area contributed by atoms with Crippen LogP contribution in [0.5, 0.6) is 0 Å². The summed E-state index contributed by atoms with van der Waals surface area (Å²) in [7, 11) is 0. The summed E-state index contributed by atoms with van der Waals surface area (Å²) >= 11 is 0. The summed E-state index contributed by atoms with van der Waals surface area (Å²) < 4.78 is 0. The molecule has 0 heterocycles. The molecule has 2 nitrogen and oxygen atoms in total. The van der Waals surface area contributed by atoms with E-state index < -0.39 is 0 Å². The number of nitrogens with zero attached hydrogens (tertiary/aromatic N) is 1. The molecule has 0 bridgehead atoms. The Morgan fingerprint density at radius 1 is 0.739 bits per heavy atom. The van der Waals surface area contributed by atoms with E-state index >= 15 is 0 Å². The maximum atomic E-state index is 9.14. The molecule has 0 spiro atoms. The number of unbranched alkanes of at least 4 members (excludes halogenated alkanes) is 11. The predicted molar refractivity (Wildman–Crippen MR) is 100 cm³/mol. The van der Waals surface area contributed by atoms with Crippen molar-refractivity contribution in [1.82, 2.24) is 0 Å². The van der Waals surface area contributed by atoms with Gasteiger partial charge in [0, 0.05) is 0 Å². The van der Waals surface area contributed by atoms with Gasteiger partial charge in [0.2, 0.25) is 0 Å². The summed E-state index contributed by atoms with van der Waals surface area (Å²) in [5.74, 6) is 0. The molecule has 1 N–H and O–H groups in total. The van der Waals surface area contributed by atoms with Gasteiger partial charge in [-0.2, -0.15) is 0 Å². The van der Waals surface area contributed by atoms with Crippen molar-refractivity contribution in [2.75, 3.05) is 0 Å². The van der Waals surface area contributed by atoms with Crippen LogP contribution in [0.3, 0.4) is 0 Å². The fourth-order valence-corrected chi connectivity index (χ4v) is 3.02. The number of hydrogen-bond donors (Lipinski definition) is 1. The molecule has 2 heteroatoms. The van der Waals surface area contributed by atoms with E-state index in [4.69, 9.17) is 5.21 Å². The van der Waals surface area contributed by atoms with Crippen molar-refractivity contribution in [3.63, 3.8) is 0 Å². The maximum Gasteiger partial charge on any atom is 0.0867 e. The minimum Gasteiger partial charge on any atom is -0.411 e. The van der Waals surface area contributed by atoms with Gasteiger partial charge in [-0.25, -0.2) is 0 Å². The summed E-state index contributed by atoms with van der Waals surface area (Å²) in [6, 6.07) is 9.99. The Kier molecular flexibility index (Phi) is 12.3. The molecule has 130 valence electrons. The molecule has 23 heavy (non-hydrogen) atoms. The lowest BCUT2D eigenvalue weighted by Gasteiger charge is -2.05. The Labute approximate surface area is 143 Å². The van der Waals surface area contributed by atoms with Crippen LogP contribution in [-0.2, 0) is 0 Å². The minimum absolute atomic E-state index is 0.817. The molecule has 0 saturated carbocycles. The Morgan fingerprint density at radius 3 is 1.70 bits per heavy atom. The fraction of sp³-hybridized carbons (Fsp3) is 0.667. The molecule has 0 fully saturated rings. The number of oxime groups is 1. The number of rotatable bonds is 14. The third-order valence-corrected chi connectivity index (χ3v) is 4.49. The molecule has 0 atom stereocenters. The van der Waals surface area contributed by atoms with Crippen LogP contribution in [0.15, 0.2) is 35.5 Å². The average Bonchev–Trinajstić information content (AvgIpc) is 2.60. The molecule has 1 aromatic carbocycles. The largest absolute Gasteiger partial charge is 0.411 e. The normalized spacial score (nSPS) is 11.8. The van der Waals surface area contributed by atoms with Crippen molar-refractivity contribution >= 4 is 5.71 Å². The predicted octanol–water partition coefficient (Wildman–Crippen LogP) is 6.96. The highest BCUT2D eigenvalue weighted by Crippen LogP contribution is 2.14. The Hall–Kier alpha value is -1.31. The summed E-state index contributed by atoms with van der Waals surface area (Å²) in [4.78, 5) is 0. The standard InChI is InChI=1S/C21H35NO/c1-2-3-4-5-6-7-8-9-10-11-12-16-19-21(22-23)20-17-14-13-15-18-20/h13-15,17-18,23H,2-12,16,19H2,1H3. The van der Waals surface area contributed by atoms with Gasteiger partial charge in [-0.05, 0) is 18.4 Å². The highest BCUT2D eigenvalue weighted by atomic mass is 16.4. The van der Waals surface area contributed by atoms with Gasteiger partial charge in [-0.1, -0.05) is 113 Å². The molecular weight excluding hydrogens is 282 g/mol. The van der Waals surface area contributed by atoms with Crippen molar-refractivity contribution in [3.05, 3.63) is 35.9 Å². The smallest absolute Gasteiger partial charge is 0.0867 e. The Bertz CT molecular complexity index is 400. The van der Waals surface area contributed by atoms with Crippen molar-refractivity contribution in [2.24, 2.45) is 5.16 Å². The molecule has 0 aliphatic heterocycles. The van der Waals surface area contributed by atoms with Crippen LogP contribution in [0.2, 0.25) is 0 Å². The van der Waals surface area contributed by atoms with Crippen LogP contribution in [0, 0.1) is 0 Å². The van der Waals surface area contributed by atoms with E-state index in [1.165, 1.54) is 70.6 Å². The summed E-state index contributed by atoms with van der Waals surface area (Å²) in [5.41, 5.74) is 1.86. The molecule has 0 aromatic heterocycles. The summed E-state index contributed by atoms with van der Waals surface area (Å²) in [6.07, 6.45) is 17.1. The second kappa shape index (κ2) is 14.3. The number of benzene rings is 1. The van der Waals surface area contributed by atoms with Crippen molar-refractivity contribution < 1.29 is 5.21 Å². The van der Waals surface area contributed by atoms with Gasteiger partial charge in [0.15, 0.2) is 0 Å². The second-order valence-electron chi connectivity index (χ2n) is 6.55. The first-order chi connectivity index (χ1) is 11.4. The Balaban J connectivity index is 1.93. The van der Waals surface area contributed by atoms with E-state index in [2.05, 4.69) is 12.1 Å². The first-order valence-electron chi connectivity index (χ1n) is 9.64. The van der Waals surface area contributed by atoms with Crippen LogP contribution in [0.4, 0.5) is 0 Å². The molecule has 1 rings (SSSR count). The zero-order valence-corrected chi connectivity index (χ0v) is 15.0. The molecule has 1 aromatic rings. The van der Waals surface area contributed by atoms with E-state index in [0.29, 0.717) is 0 Å². The van der Waals surface area contributed by atoms with E-state index in [1.807, 2.05) is 30.3 Å². The molecule has 0 aliphatic rings. The molecule has 0 aliphatic carbocycles. The average molecular weight is 318 g/mol. The zero-order valence-electron chi connectivity index (χ0n) is 15.0. The van der Waals surface area contributed by atoms with E-state index in [1.54, 1.807) is 0 Å². The van der Waals surface area contributed by atoms with Gasteiger partial charge >= 0.3 is 0 Å². The van der Waals surface area contributed by atoms with E-state index in [9.17, 15) is 0 Å². The van der Waals surface area contributed by atoms with Crippen LogP contribution in [0.25, 0.3) is 0 Å². The second-order valence-corrected chi connectivity index (χ2v) is 6.55. The molecule has 0 saturated heterocycles. The van der Waals surface area contributed by atoms with Gasteiger partial charge in [0.05, 0.1) is 5.71 Å². The maximum absolute atomic E-state index is 9.14. The molecule has 0 amide bonds. The summed E-state index contributed by atoms with van der Waals surface area (Å²) in [6.45, 7) is 2.27. The van der Waals surface area contributed by atoms with Crippen molar-refractivity contribution in [1.29, 1.82) is 0 Å². The van der Waals surface area contributed by atoms with Crippen molar-refractivity contribution in [3.8, 4) is 0 Å². The quantitative estimate of drug-likeness (QED) is 0.171. The van der Waals surface area contributed by atoms with Gasteiger partial charge in [-0.15, -0.1) is 0 Å². The highest BCUT2D eigenvalue weighted by Gasteiger charge is 2.03. The van der Waals surface area contributed by atoms with Gasteiger partial charge in [0.1, 0.15) is 0 Å². The van der Waals surface area contributed by atoms with E-state index in [-0.39, 0.29) is 0 Å². The zero-order chi connectivity index (χ0) is 16.6. The highest BCUT2D eigenvalue weighted by molar-refractivity contribution is 6.00. The van der Waals surface area contributed by atoms with Crippen molar-refractivity contribution in [2.45, 2.75) is 90.4 Å². The first kappa shape index (κ1) is 19.7. The molecule has 0 radical (unpaired) electrons. The molecular formula is C21H35NO. The van der Waals surface area contributed by atoms with Gasteiger partial charge in [-0.3, -0.25) is 0 Å². The van der Waals surface area contributed by atoms with Gasteiger partial charge in [0.25, 0.3) is 0 Å². The van der Waals surface area contributed by atoms with E-state index in [0.717, 1.165) is 24.1 Å². The lowest BCUT2D eigenvalue weighted by atomic mass is 10.0. The molecule has 0 unspecified atom stereocenters. The number of hydrogen-bond acceptors (Lipinski definition) is 2. The third-order valence-electron chi connectivity index (χ3n) is 4.49. The topological polar surface area (TPSA) is 32.6 Å². The summed E-state index contributed by atoms with van der Waals surface area (Å²) in [5, 5.41) is 12.6. The van der Waals surface area contributed by atoms with Gasteiger partial charge < -0.3 is 5.21 Å². The lowest BCUT2D eigenvalue weighted by Crippen LogP contribution is -2.00. The van der Waals surface area contributed by atoms with Crippen LogP contribution >= 0.6 is 0 Å².